The first-order valence-electron chi connectivity index (χ1n) is 8.20. The van der Waals surface area contributed by atoms with Gasteiger partial charge in [0.1, 0.15) is 5.82 Å². The molecule has 134 valence electrons. The number of rotatable bonds is 5. The number of hydrogen-bond donors (Lipinski definition) is 2. The first-order valence-corrected chi connectivity index (χ1v) is 10.0. The number of urea groups is 1. The minimum atomic E-state index is -3.03. The summed E-state index contributed by atoms with van der Waals surface area (Å²) in [7, 11) is -3.03. The molecule has 1 aromatic carbocycles. The van der Waals surface area contributed by atoms with Crippen molar-refractivity contribution in [3.05, 3.63) is 36.2 Å². The van der Waals surface area contributed by atoms with Crippen molar-refractivity contribution >= 4 is 15.9 Å². The van der Waals surface area contributed by atoms with E-state index in [4.69, 9.17) is 0 Å². The zero-order valence-electron chi connectivity index (χ0n) is 14.0. The molecule has 2 amide bonds. The number of nitrogens with one attached hydrogen (secondary N) is 2. The first kappa shape index (κ1) is 17.4. The second-order valence-corrected chi connectivity index (χ2v) is 8.20. The Kier molecular flexibility index (Phi) is 5.03. The van der Waals surface area contributed by atoms with Crippen molar-refractivity contribution in [2.24, 2.45) is 0 Å². The van der Waals surface area contributed by atoms with E-state index in [0.717, 1.165) is 5.56 Å². The number of aromatic nitrogens is 3. The van der Waals surface area contributed by atoms with Gasteiger partial charge in [0, 0.05) is 18.2 Å². The molecule has 2 heterocycles. The predicted octanol–water partition coefficient (Wildman–Crippen LogP) is 1.19. The van der Waals surface area contributed by atoms with E-state index >= 15 is 0 Å². The van der Waals surface area contributed by atoms with Crippen LogP contribution in [-0.2, 0) is 16.4 Å². The van der Waals surface area contributed by atoms with Gasteiger partial charge >= 0.3 is 6.03 Å². The van der Waals surface area contributed by atoms with Crippen molar-refractivity contribution in [1.29, 1.82) is 0 Å². The Labute approximate surface area is 146 Å². The fourth-order valence-electron chi connectivity index (χ4n) is 2.94. The Morgan fingerprint density at radius 1 is 1.36 bits per heavy atom. The lowest BCUT2D eigenvalue weighted by Gasteiger charge is -2.26. The smallest absolute Gasteiger partial charge is 0.318 e. The van der Waals surface area contributed by atoms with E-state index < -0.39 is 9.84 Å². The predicted molar refractivity (Wildman–Crippen MR) is 93.5 cm³/mol. The number of amides is 2. The van der Waals surface area contributed by atoms with E-state index in [-0.39, 0.29) is 30.1 Å². The standard InChI is InChI=1S/C16H21N5O3S/c1-2-21(13-8-9-25(23,24)11-13)16(22)17-10-14-18-15(20-19-14)12-6-4-3-5-7-12/h3-7,13H,2,8-11H2,1H3,(H,17,22)(H,18,19,20)/t13-/m0/s1. The van der Waals surface area contributed by atoms with Gasteiger partial charge in [-0.1, -0.05) is 30.3 Å². The van der Waals surface area contributed by atoms with Gasteiger partial charge < -0.3 is 10.2 Å². The Balaban J connectivity index is 1.59. The lowest BCUT2D eigenvalue weighted by molar-refractivity contribution is 0.183. The maximum Gasteiger partial charge on any atom is 0.318 e. The van der Waals surface area contributed by atoms with Crippen molar-refractivity contribution in [2.75, 3.05) is 18.1 Å². The van der Waals surface area contributed by atoms with Gasteiger partial charge in [-0.05, 0) is 13.3 Å². The van der Waals surface area contributed by atoms with Gasteiger partial charge in [-0.15, -0.1) is 0 Å². The lowest BCUT2D eigenvalue weighted by atomic mass is 10.2. The van der Waals surface area contributed by atoms with Crippen molar-refractivity contribution in [3.8, 4) is 11.4 Å². The van der Waals surface area contributed by atoms with Crippen LogP contribution in [0.4, 0.5) is 4.79 Å². The summed E-state index contributed by atoms with van der Waals surface area (Å²) in [4.78, 5) is 18.3. The average Bonchev–Trinajstić information content (AvgIpc) is 3.21. The number of benzene rings is 1. The van der Waals surface area contributed by atoms with Crippen LogP contribution < -0.4 is 5.32 Å². The minimum Gasteiger partial charge on any atom is -0.331 e. The summed E-state index contributed by atoms with van der Waals surface area (Å²) in [5, 5.41) is 9.73. The number of hydrogen-bond acceptors (Lipinski definition) is 5. The highest BCUT2D eigenvalue weighted by atomic mass is 32.2. The molecule has 9 heteroatoms. The van der Waals surface area contributed by atoms with Crippen LogP contribution in [0.15, 0.2) is 30.3 Å². The van der Waals surface area contributed by atoms with Gasteiger partial charge in [0.25, 0.3) is 0 Å². The van der Waals surface area contributed by atoms with E-state index in [1.54, 1.807) is 4.90 Å². The molecule has 0 unspecified atom stereocenters. The molecule has 1 fully saturated rings. The van der Waals surface area contributed by atoms with Gasteiger partial charge in [0.15, 0.2) is 15.7 Å². The second-order valence-electron chi connectivity index (χ2n) is 5.97. The van der Waals surface area contributed by atoms with Crippen molar-refractivity contribution in [3.63, 3.8) is 0 Å². The van der Waals surface area contributed by atoms with Crippen molar-refractivity contribution < 1.29 is 13.2 Å². The summed E-state index contributed by atoms with van der Waals surface area (Å²) in [6.07, 6.45) is 0.490. The fraction of sp³-hybridized carbons (Fsp3) is 0.438. The van der Waals surface area contributed by atoms with E-state index in [1.807, 2.05) is 37.3 Å². The molecule has 1 saturated heterocycles. The molecule has 2 N–H and O–H groups in total. The summed E-state index contributed by atoms with van der Waals surface area (Å²) in [6.45, 7) is 2.50. The molecule has 3 rings (SSSR count). The van der Waals surface area contributed by atoms with Gasteiger partial charge in [-0.25, -0.2) is 18.2 Å². The Morgan fingerprint density at radius 2 is 2.12 bits per heavy atom. The SMILES string of the molecule is CCN(C(=O)NCc1nc(-c2ccccc2)n[nH]1)[C@H]1CCS(=O)(=O)C1. The lowest BCUT2D eigenvalue weighted by Crippen LogP contribution is -2.46. The molecule has 0 bridgehead atoms. The van der Waals surface area contributed by atoms with Crippen LogP contribution in [0, 0.1) is 0 Å². The normalized spacial score (nSPS) is 18.8. The number of aromatic amines is 1. The van der Waals surface area contributed by atoms with E-state index in [0.29, 0.717) is 24.6 Å². The van der Waals surface area contributed by atoms with E-state index in [9.17, 15) is 13.2 Å². The van der Waals surface area contributed by atoms with Gasteiger partial charge in [-0.2, -0.15) is 5.10 Å². The van der Waals surface area contributed by atoms with Crippen LogP contribution >= 0.6 is 0 Å². The molecule has 0 aliphatic carbocycles. The highest BCUT2D eigenvalue weighted by Crippen LogP contribution is 2.18. The summed E-state index contributed by atoms with van der Waals surface area (Å²) in [5.41, 5.74) is 0.891. The number of sulfone groups is 1. The molecule has 8 nitrogen and oxygen atoms in total. The van der Waals surface area contributed by atoms with E-state index in [2.05, 4.69) is 20.5 Å². The van der Waals surface area contributed by atoms with Gasteiger partial charge in [0.2, 0.25) is 0 Å². The third kappa shape index (κ3) is 4.16. The van der Waals surface area contributed by atoms with Crippen LogP contribution in [-0.4, -0.2) is 58.6 Å². The zero-order valence-corrected chi connectivity index (χ0v) is 14.8. The number of H-pyrrole nitrogens is 1. The molecule has 1 aliphatic rings. The third-order valence-corrected chi connectivity index (χ3v) is 5.97. The quantitative estimate of drug-likeness (QED) is 0.829. The summed E-state index contributed by atoms with van der Waals surface area (Å²) >= 11 is 0. The fourth-order valence-corrected chi connectivity index (χ4v) is 4.67. The van der Waals surface area contributed by atoms with E-state index in [1.165, 1.54) is 0 Å². The third-order valence-electron chi connectivity index (χ3n) is 4.22. The highest BCUT2D eigenvalue weighted by Gasteiger charge is 2.33. The Morgan fingerprint density at radius 3 is 2.76 bits per heavy atom. The Bertz CT molecular complexity index is 834. The van der Waals surface area contributed by atoms with Crippen molar-refractivity contribution in [1.82, 2.24) is 25.4 Å². The molecule has 0 radical (unpaired) electrons. The molecule has 0 saturated carbocycles. The zero-order chi connectivity index (χ0) is 17.9. The Hall–Kier alpha value is -2.42. The van der Waals surface area contributed by atoms with Crippen molar-refractivity contribution in [2.45, 2.75) is 25.9 Å². The van der Waals surface area contributed by atoms with Crippen LogP contribution in [0.2, 0.25) is 0 Å². The summed E-state index contributed by atoms with van der Waals surface area (Å²) < 4.78 is 23.2. The van der Waals surface area contributed by atoms with Gasteiger partial charge in [0.05, 0.1) is 18.1 Å². The number of carbonyl (C=O) groups excluding carboxylic acids is 1. The molecule has 1 aromatic heterocycles. The van der Waals surface area contributed by atoms with Gasteiger partial charge in [-0.3, -0.25) is 5.10 Å². The molecule has 1 atom stereocenters. The van der Waals surface area contributed by atoms with Crippen LogP contribution in [0.25, 0.3) is 11.4 Å². The van der Waals surface area contributed by atoms with Crippen LogP contribution in [0.3, 0.4) is 0 Å². The summed E-state index contributed by atoms with van der Waals surface area (Å²) in [5.74, 6) is 1.29. The molecular formula is C16H21N5O3S. The maximum absolute atomic E-state index is 12.4. The average molecular weight is 363 g/mol. The highest BCUT2D eigenvalue weighted by molar-refractivity contribution is 7.91. The summed E-state index contributed by atoms with van der Waals surface area (Å²) in [6, 6.07) is 8.99. The molecule has 2 aromatic rings. The molecule has 25 heavy (non-hydrogen) atoms. The number of nitrogens with zero attached hydrogens (tertiary/aromatic N) is 3. The minimum absolute atomic E-state index is 0.0364. The first-order chi connectivity index (χ1) is 12.0. The largest absolute Gasteiger partial charge is 0.331 e. The molecular weight excluding hydrogens is 342 g/mol. The molecule has 1 aliphatic heterocycles. The van der Waals surface area contributed by atoms with Crippen LogP contribution in [0.1, 0.15) is 19.2 Å². The topological polar surface area (TPSA) is 108 Å². The van der Waals surface area contributed by atoms with Crippen LogP contribution in [0.5, 0.6) is 0 Å². The molecule has 0 spiro atoms. The second kappa shape index (κ2) is 7.22. The monoisotopic (exact) mass is 363 g/mol. The number of carbonyl (C=O) groups is 1. The maximum atomic E-state index is 12.4.